The van der Waals surface area contributed by atoms with Crippen LogP contribution in [0.4, 0.5) is 4.79 Å². The van der Waals surface area contributed by atoms with E-state index in [1.54, 1.807) is 6.92 Å². The predicted octanol–water partition coefficient (Wildman–Crippen LogP) is -1.44. The molecule has 0 heterocycles. The zero-order valence-electron chi connectivity index (χ0n) is 6.63. The summed E-state index contributed by atoms with van der Waals surface area (Å²) in [6.07, 6.45) is -0.623. The summed E-state index contributed by atoms with van der Waals surface area (Å²) in [5, 5.41) is 0. The molecule has 0 aromatic rings. The molecule has 3 N–H and O–H groups in total. The molecule has 0 amide bonds. The van der Waals surface area contributed by atoms with Gasteiger partial charge in [-0.3, -0.25) is 0 Å². The van der Waals surface area contributed by atoms with Crippen LogP contribution in [0.2, 0.25) is 0 Å². The first-order valence-electron chi connectivity index (χ1n) is 2.80. The molecule has 0 atom stereocenters. The fourth-order valence-corrected chi connectivity index (χ4v) is 0.177. The normalized spacial score (nSPS) is 8.07. The SMILES string of the molecule is CCOC(=O)OC.O=P(O)(O)O.[LiH].[LiH]. The van der Waals surface area contributed by atoms with Gasteiger partial charge in [0.2, 0.25) is 0 Å². The van der Waals surface area contributed by atoms with E-state index >= 15 is 0 Å². The average molecular weight is 218 g/mol. The number of phosphoric acid groups is 1. The van der Waals surface area contributed by atoms with Crippen molar-refractivity contribution in [2.45, 2.75) is 6.92 Å². The van der Waals surface area contributed by atoms with Crippen molar-refractivity contribution in [3.8, 4) is 0 Å². The van der Waals surface area contributed by atoms with E-state index < -0.39 is 14.0 Å². The first-order chi connectivity index (χ1) is 5.31. The van der Waals surface area contributed by atoms with E-state index in [1.807, 2.05) is 0 Å². The van der Waals surface area contributed by atoms with E-state index in [1.165, 1.54) is 7.11 Å². The summed E-state index contributed by atoms with van der Waals surface area (Å²) in [5.74, 6) is 0. The molecule has 0 aliphatic rings. The minimum atomic E-state index is -4.64. The Hall–Kier alpha value is 0.575. The molecule has 0 aromatic carbocycles. The van der Waals surface area contributed by atoms with Gasteiger partial charge in [0.05, 0.1) is 13.7 Å². The van der Waals surface area contributed by atoms with E-state index in [4.69, 9.17) is 19.2 Å². The zero-order chi connectivity index (χ0) is 10.2. The topological polar surface area (TPSA) is 113 Å². The molecule has 0 saturated carbocycles. The number of hydrogen-bond acceptors (Lipinski definition) is 4. The Kier molecular flexibility index (Phi) is 23.3. The van der Waals surface area contributed by atoms with Gasteiger partial charge in [-0.25, -0.2) is 9.36 Å². The Balaban J connectivity index is -0.0000000651. The van der Waals surface area contributed by atoms with Crippen molar-refractivity contribution in [2.24, 2.45) is 0 Å². The van der Waals surface area contributed by atoms with Crippen LogP contribution in [-0.4, -0.2) is 72.3 Å². The summed E-state index contributed by atoms with van der Waals surface area (Å²) < 4.78 is 17.3. The van der Waals surface area contributed by atoms with Gasteiger partial charge in [-0.2, -0.15) is 0 Å². The van der Waals surface area contributed by atoms with Gasteiger partial charge in [-0.1, -0.05) is 0 Å². The molecule has 0 aliphatic carbocycles. The van der Waals surface area contributed by atoms with Crippen LogP contribution in [0.1, 0.15) is 6.92 Å². The van der Waals surface area contributed by atoms with Crippen molar-refractivity contribution < 1.29 is 33.5 Å². The van der Waals surface area contributed by atoms with Crippen LogP contribution in [0, 0.1) is 0 Å². The molecule has 0 aliphatic heterocycles. The molecule has 0 aromatic heterocycles. The molecule has 0 radical (unpaired) electrons. The number of hydrogen-bond donors (Lipinski definition) is 3. The monoisotopic (exact) mass is 218 g/mol. The van der Waals surface area contributed by atoms with Gasteiger partial charge >= 0.3 is 51.7 Å². The maximum atomic E-state index is 9.97. The molecule has 0 saturated heterocycles. The summed E-state index contributed by atoms with van der Waals surface area (Å²) in [5.41, 5.74) is 0. The summed E-state index contributed by atoms with van der Waals surface area (Å²) in [6, 6.07) is 0. The predicted molar refractivity (Wildman–Crippen MR) is 52.6 cm³/mol. The van der Waals surface area contributed by atoms with Crippen LogP contribution in [0.3, 0.4) is 0 Å². The second-order valence-corrected chi connectivity index (χ2v) is 2.43. The van der Waals surface area contributed by atoms with Gasteiger partial charge < -0.3 is 24.2 Å². The Bertz CT molecular complexity index is 161. The third-order valence-electron chi connectivity index (χ3n) is 0.429. The number of rotatable bonds is 1. The molecule has 0 spiro atoms. The van der Waals surface area contributed by atoms with Crippen molar-refractivity contribution in [1.82, 2.24) is 0 Å². The third kappa shape index (κ3) is 54.2. The molecule has 0 unspecified atom stereocenters. The van der Waals surface area contributed by atoms with Gasteiger partial charge in [-0.15, -0.1) is 0 Å². The summed E-state index contributed by atoms with van der Waals surface area (Å²) in [6.45, 7) is 2.09. The van der Waals surface area contributed by atoms with Gasteiger partial charge in [0.1, 0.15) is 0 Å². The fraction of sp³-hybridized carbons (Fsp3) is 0.750. The van der Waals surface area contributed by atoms with Crippen molar-refractivity contribution in [1.29, 1.82) is 0 Å². The van der Waals surface area contributed by atoms with Crippen molar-refractivity contribution in [3.63, 3.8) is 0 Å². The summed E-state index contributed by atoms with van der Waals surface area (Å²) in [7, 11) is -3.36. The first-order valence-corrected chi connectivity index (χ1v) is 4.36. The Morgan fingerprint density at radius 3 is 1.64 bits per heavy atom. The van der Waals surface area contributed by atoms with E-state index in [0.717, 1.165) is 0 Å². The number of carbonyl (C=O) groups is 1. The second kappa shape index (κ2) is 13.6. The van der Waals surface area contributed by atoms with Gasteiger partial charge in [-0.05, 0) is 6.92 Å². The number of carbonyl (C=O) groups excluding carboxylic acids is 1. The van der Waals surface area contributed by atoms with Gasteiger partial charge in [0.15, 0.2) is 0 Å². The quantitative estimate of drug-likeness (QED) is 0.280. The Morgan fingerprint density at radius 1 is 1.29 bits per heavy atom. The van der Waals surface area contributed by atoms with Crippen LogP contribution in [-0.2, 0) is 14.0 Å². The Labute approximate surface area is 106 Å². The van der Waals surface area contributed by atoms with Crippen molar-refractivity contribution in [2.75, 3.05) is 13.7 Å². The molecular formula is C4H13Li2O7P. The summed E-state index contributed by atoms with van der Waals surface area (Å²) >= 11 is 0. The van der Waals surface area contributed by atoms with Gasteiger partial charge in [0.25, 0.3) is 0 Å². The standard InChI is InChI=1S/C4H8O3.2Li.H3O4P.2H/c1-3-7-4(5)6-2;;;1-5(2,3)4;;/h3H2,1-2H3;;;(H3,1,2,3,4);;. The molecule has 0 fully saturated rings. The molecule has 0 bridgehead atoms. The van der Waals surface area contributed by atoms with Crippen LogP contribution < -0.4 is 0 Å². The number of methoxy groups -OCH3 is 1. The average Bonchev–Trinajstić information content (AvgIpc) is 1.85. The fourth-order valence-electron chi connectivity index (χ4n) is 0.177. The summed E-state index contributed by atoms with van der Waals surface area (Å²) in [4.78, 5) is 31.5. The van der Waals surface area contributed by atoms with E-state index in [2.05, 4.69) is 9.47 Å². The maximum absolute atomic E-state index is 9.97. The Morgan fingerprint density at radius 2 is 1.57 bits per heavy atom. The van der Waals surface area contributed by atoms with Gasteiger partial charge in [0, 0.05) is 0 Å². The molecule has 10 heteroatoms. The first kappa shape index (κ1) is 24.0. The molecule has 7 nitrogen and oxygen atoms in total. The van der Waals surface area contributed by atoms with Crippen LogP contribution >= 0.6 is 7.82 Å². The van der Waals surface area contributed by atoms with Crippen LogP contribution in [0.5, 0.6) is 0 Å². The number of ether oxygens (including phenoxy) is 2. The molecular weight excluding hydrogens is 205 g/mol. The minimum absolute atomic E-state index is 0. The molecule has 14 heavy (non-hydrogen) atoms. The van der Waals surface area contributed by atoms with E-state index in [0.29, 0.717) is 6.61 Å². The van der Waals surface area contributed by atoms with E-state index in [-0.39, 0.29) is 37.7 Å². The van der Waals surface area contributed by atoms with Crippen molar-refractivity contribution in [3.05, 3.63) is 0 Å². The second-order valence-electron chi connectivity index (χ2n) is 1.40. The zero-order valence-corrected chi connectivity index (χ0v) is 7.52. The molecule has 78 valence electrons. The molecule has 0 rings (SSSR count). The van der Waals surface area contributed by atoms with E-state index in [9.17, 15) is 4.79 Å². The van der Waals surface area contributed by atoms with Crippen LogP contribution in [0.15, 0.2) is 0 Å². The van der Waals surface area contributed by atoms with Crippen LogP contribution in [0.25, 0.3) is 0 Å². The third-order valence-corrected chi connectivity index (χ3v) is 0.429. The van der Waals surface area contributed by atoms with Crippen molar-refractivity contribution >= 4 is 51.7 Å².